The van der Waals surface area contributed by atoms with Gasteiger partial charge in [0.15, 0.2) is 11.5 Å². The Balaban J connectivity index is 2.10. The fourth-order valence-electron chi connectivity index (χ4n) is 3.01. The minimum Gasteiger partial charge on any atom is -0.396 e. The first-order chi connectivity index (χ1) is 9.86. The van der Waals surface area contributed by atoms with Crippen LogP contribution in [0.1, 0.15) is 19.4 Å². The zero-order valence-electron chi connectivity index (χ0n) is 11.5. The van der Waals surface area contributed by atoms with E-state index in [1.165, 1.54) is 13.3 Å². The Morgan fingerprint density at radius 3 is 2.76 bits per heavy atom. The predicted molar refractivity (Wildman–Crippen MR) is 75.0 cm³/mol. The molecular weight excluding hydrogens is 276 g/mol. The number of nitrogens with zero attached hydrogens (tertiary/aromatic N) is 4. The SMILES string of the molecule is C[C@@]1(O)[C@@H](CO)C[C@@H](n2cnc3c(N)nc(N)nc32)[C@@H]1O. The molecule has 4 atom stereocenters. The third kappa shape index (κ3) is 1.93. The number of aliphatic hydroxyl groups is 3. The van der Waals surface area contributed by atoms with E-state index in [0.29, 0.717) is 17.6 Å². The van der Waals surface area contributed by atoms with Crippen LogP contribution in [0.2, 0.25) is 0 Å². The van der Waals surface area contributed by atoms with Crippen LogP contribution in [0, 0.1) is 5.92 Å². The molecule has 0 spiro atoms. The van der Waals surface area contributed by atoms with Gasteiger partial charge in [0, 0.05) is 12.5 Å². The summed E-state index contributed by atoms with van der Waals surface area (Å²) in [5.41, 5.74) is 10.8. The maximum Gasteiger partial charge on any atom is 0.224 e. The lowest BCUT2D eigenvalue weighted by Gasteiger charge is -2.28. The number of fused-ring (bicyclic) bond motifs is 1. The molecule has 1 aliphatic carbocycles. The first-order valence-corrected chi connectivity index (χ1v) is 6.63. The van der Waals surface area contributed by atoms with Gasteiger partial charge in [0.1, 0.15) is 11.6 Å². The molecule has 0 unspecified atom stereocenters. The van der Waals surface area contributed by atoms with Crippen molar-refractivity contribution in [3.05, 3.63) is 6.33 Å². The van der Waals surface area contributed by atoms with Crippen LogP contribution in [0.15, 0.2) is 6.33 Å². The van der Waals surface area contributed by atoms with Crippen LogP contribution in [0.4, 0.5) is 11.8 Å². The van der Waals surface area contributed by atoms with Crippen molar-refractivity contribution in [3.63, 3.8) is 0 Å². The van der Waals surface area contributed by atoms with Crippen LogP contribution in [-0.4, -0.2) is 53.2 Å². The highest BCUT2D eigenvalue weighted by molar-refractivity contribution is 5.82. The molecule has 1 saturated carbocycles. The standard InChI is InChI=1S/C12H18N6O3/c1-12(21)5(3-19)2-6(8(12)20)18-4-15-7-9(13)16-11(14)17-10(7)18/h4-6,8,19-21H,2-3H2,1H3,(H4,13,14,16,17)/t5-,6-,8+,12-/m1/s1. The zero-order chi connectivity index (χ0) is 15.4. The van der Waals surface area contributed by atoms with Gasteiger partial charge in [0.05, 0.1) is 18.0 Å². The molecule has 21 heavy (non-hydrogen) atoms. The summed E-state index contributed by atoms with van der Waals surface area (Å²) < 4.78 is 1.62. The van der Waals surface area contributed by atoms with Crippen LogP contribution in [0.5, 0.6) is 0 Å². The molecule has 0 saturated heterocycles. The van der Waals surface area contributed by atoms with E-state index in [1.54, 1.807) is 4.57 Å². The van der Waals surface area contributed by atoms with Gasteiger partial charge in [-0.3, -0.25) is 0 Å². The second-order valence-corrected chi connectivity index (χ2v) is 5.64. The average Bonchev–Trinajstić information content (AvgIpc) is 2.91. The number of aliphatic hydroxyl groups excluding tert-OH is 2. The van der Waals surface area contributed by atoms with Crippen molar-refractivity contribution < 1.29 is 15.3 Å². The highest BCUT2D eigenvalue weighted by atomic mass is 16.3. The van der Waals surface area contributed by atoms with Crippen molar-refractivity contribution in [2.75, 3.05) is 18.1 Å². The van der Waals surface area contributed by atoms with Crippen LogP contribution in [0.3, 0.4) is 0 Å². The monoisotopic (exact) mass is 294 g/mol. The van der Waals surface area contributed by atoms with Crippen LogP contribution in [-0.2, 0) is 0 Å². The second-order valence-electron chi connectivity index (χ2n) is 5.64. The first kappa shape index (κ1) is 14.0. The predicted octanol–water partition coefficient (Wildman–Crippen LogP) is -1.34. The van der Waals surface area contributed by atoms with Gasteiger partial charge in [-0.05, 0) is 13.3 Å². The molecule has 1 fully saturated rings. The second kappa shape index (κ2) is 4.52. The minimum absolute atomic E-state index is 0.0136. The molecule has 9 heteroatoms. The number of anilines is 2. The van der Waals surface area contributed by atoms with Gasteiger partial charge < -0.3 is 31.4 Å². The molecule has 0 bridgehead atoms. The topological polar surface area (TPSA) is 156 Å². The Bertz CT molecular complexity index is 685. The number of nitrogens with two attached hydrogens (primary N) is 2. The van der Waals surface area contributed by atoms with Crippen LogP contribution >= 0.6 is 0 Å². The lowest BCUT2D eigenvalue weighted by atomic mass is 9.92. The smallest absolute Gasteiger partial charge is 0.224 e. The van der Waals surface area contributed by atoms with E-state index in [2.05, 4.69) is 15.0 Å². The van der Waals surface area contributed by atoms with Gasteiger partial charge in [-0.15, -0.1) is 0 Å². The normalized spacial score (nSPS) is 32.9. The Morgan fingerprint density at radius 1 is 1.43 bits per heavy atom. The highest BCUT2D eigenvalue weighted by Crippen LogP contribution is 2.43. The molecule has 7 N–H and O–H groups in total. The van der Waals surface area contributed by atoms with Crippen molar-refractivity contribution in [3.8, 4) is 0 Å². The van der Waals surface area contributed by atoms with E-state index in [9.17, 15) is 15.3 Å². The van der Waals surface area contributed by atoms with E-state index < -0.39 is 23.7 Å². The van der Waals surface area contributed by atoms with Crippen molar-refractivity contribution in [2.45, 2.75) is 31.1 Å². The Morgan fingerprint density at radius 2 is 2.14 bits per heavy atom. The number of aromatic nitrogens is 4. The first-order valence-electron chi connectivity index (χ1n) is 6.63. The molecule has 9 nitrogen and oxygen atoms in total. The molecule has 0 aliphatic heterocycles. The summed E-state index contributed by atoms with van der Waals surface area (Å²) in [4.78, 5) is 12.1. The van der Waals surface area contributed by atoms with Crippen molar-refractivity contribution in [2.24, 2.45) is 5.92 Å². The van der Waals surface area contributed by atoms with Crippen molar-refractivity contribution in [1.29, 1.82) is 0 Å². The summed E-state index contributed by atoms with van der Waals surface area (Å²) in [6.07, 6.45) is 0.809. The molecule has 3 rings (SSSR count). The summed E-state index contributed by atoms with van der Waals surface area (Å²) in [6, 6.07) is -0.476. The third-order valence-corrected chi connectivity index (χ3v) is 4.36. The summed E-state index contributed by atoms with van der Waals surface area (Å²) in [6.45, 7) is 1.29. The largest absolute Gasteiger partial charge is 0.396 e. The third-order valence-electron chi connectivity index (χ3n) is 4.36. The van der Waals surface area contributed by atoms with Gasteiger partial charge in [0.2, 0.25) is 5.95 Å². The quantitative estimate of drug-likeness (QED) is 0.455. The summed E-state index contributed by atoms with van der Waals surface area (Å²) >= 11 is 0. The van der Waals surface area contributed by atoms with E-state index >= 15 is 0 Å². The number of imidazole rings is 1. The molecule has 0 amide bonds. The van der Waals surface area contributed by atoms with Gasteiger partial charge >= 0.3 is 0 Å². The van der Waals surface area contributed by atoms with E-state index in [-0.39, 0.29) is 18.4 Å². The minimum atomic E-state index is -1.39. The lowest BCUT2D eigenvalue weighted by Crippen LogP contribution is -2.43. The fraction of sp³-hybridized carbons (Fsp3) is 0.583. The summed E-state index contributed by atoms with van der Waals surface area (Å²) in [5, 5.41) is 30.1. The summed E-state index contributed by atoms with van der Waals surface area (Å²) in [7, 11) is 0. The van der Waals surface area contributed by atoms with Crippen molar-refractivity contribution >= 4 is 22.9 Å². The average molecular weight is 294 g/mol. The van der Waals surface area contributed by atoms with E-state index in [1.807, 2.05) is 0 Å². The maximum absolute atomic E-state index is 10.4. The number of nitrogen functional groups attached to an aromatic ring is 2. The van der Waals surface area contributed by atoms with Crippen molar-refractivity contribution in [1.82, 2.24) is 19.5 Å². The molecule has 114 valence electrons. The van der Waals surface area contributed by atoms with Gasteiger partial charge in [-0.25, -0.2) is 4.98 Å². The molecule has 0 aromatic carbocycles. The van der Waals surface area contributed by atoms with Crippen LogP contribution < -0.4 is 11.5 Å². The number of rotatable bonds is 2. The number of hydrogen-bond donors (Lipinski definition) is 5. The number of hydrogen-bond acceptors (Lipinski definition) is 8. The fourth-order valence-corrected chi connectivity index (χ4v) is 3.01. The van der Waals surface area contributed by atoms with Gasteiger partial charge in [-0.2, -0.15) is 9.97 Å². The maximum atomic E-state index is 10.4. The zero-order valence-corrected chi connectivity index (χ0v) is 11.5. The molecule has 2 aromatic heterocycles. The highest BCUT2D eigenvalue weighted by Gasteiger charge is 2.51. The molecular formula is C12H18N6O3. The van der Waals surface area contributed by atoms with Gasteiger partial charge in [-0.1, -0.05) is 0 Å². The van der Waals surface area contributed by atoms with Gasteiger partial charge in [0.25, 0.3) is 0 Å². The molecule has 1 aliphatic rings. The molecule has 2 heterocycles. The van der Waals surface area contributed by atoms with Crippen LogP contribution in [0.25, 0.3) is 11.2 Å². The Kier molecular flexibility index (Phi) is 3.01. The Hall–Kier alpha value is -1.97. The molecule has 0 radical (unpaired) electrons. The Labute approximate surface area is 120 Å². The van der Waals surface area contributed by atoms with E-state index in [0.717, 1.165) is 0 Å². The molecule has 2 aromatic rings. The lowest BCUT2D eigenvalue weighted by molar-refractivity contribution is -0.0840. The van der Waals surface area contributed by atoms with E-state index in [4.69, 9.17) is 11.5 Å². The summed E-state index contributed by atoms with van der Waals surface area (Å²) in [5.74, 6) is -0.264.